The smallest absolute Gasteiger partial charge is 0.450 e. The second-order valence-electron chi connectivity index (χ2n) is 11.2. The summed E-state index contributed by atoms with van der Waals surface area (Å²) in [5.74, 6) is -0.0509. The molecule has 2 saturated carbocycles. The minimum Gasteiger partial charge on any atom is -0.450 e. The zero-order valence-electron chi connectivity index (χ0n) is 20.5. The van der Waals surface area contributed by atoms with E-state index in [-0.39, 0.29) is 29.6 Å². The average molecular weight is 441 g/mol. The second-order valence-corrected chi connectivity index (χ2v) is 11.2. The Labute approximate surface area is 188 Å². The van der Waals surface area contributed by atoms with E-state index in [4.69, 9.17) is 9.47 Å². The SMILES string of the molecule is CC1CCC(C(C)C)C(C(C)C(OC(=O)O)(OC(=O)O)C2CC(C)CCC2C(C)C)C1. The summed E-state index contributed by atoms with van der Waals surface area (Å²) in [7, 11) is 0. The largest absolute Gasteiger partial charge is 0.509 e. The van der Waals surface area contributed by atoms with E-state index in [0.717, 1.165) is 32.1 Å². The molecule has 0 aromatic heterocycles. The molecular formula is C25H44O6. The molecule has 7 atom stereocenters. The molecule has 0 bridgehead atoms. The Morgan fingerprint density at radius 2 is 1.19 bits per heavy atom. The first kappa shape index (κ1) is 25.8. The molecule has 31 heavy (non-hydrogen) atoms. The molecule has 0 aromatic carbocycles. The third kappa shape index (κ3) is 5.87. The number of hydrogen-bond donors (Lipinski definition) is 2. The lowest BCUT2D eigenvalue weighted by Crippen LogP contribution is -2.58. The molecule has 7 unspecified atom stereocenters. The van der Waals surface area contributed by atoms with Gasteiger partial charge in [-0.15, -0.1) is 0 Å². The molecule has 180 valence electrons. The number of carbonyl (C=O) groups is 2. The molecule has 2 aliphatic rings. The minimum absolute atomic E-state index is 0.146. The molecule has 0 heterocycles. The third-order valence-electron chi connectivity index (χ3n) is 8.38. The van der Waals surface area contributed by atoms with Crippen LogP contribution < -0.4 is 0 Å². The third-order valence-corrected chi connectivity index (χ3v) is 8.38. The molecule has 0 radical (unpaired) electrons. The van der Waals surface area contributed by atoms with Crippen LogP contribution in [0.1, 0.15) is 87.0 Å². The van der Waals surface area contributed by atoms with E-state index in [0.29, 0.717) is 30.1 Å². The number of ether oxygens (including phenoxy) is 2. The number of hydrogen-bond acceptors (Lipinski definition) is 4. The fraction of sp³-hybridized carbons (Fsp3) is 0.920. The van der Waals surface area contributed by atoms with Gasteiger partial charge >= 0.3 is 12.3 Å². The van der Waals surface area contributed by atoms with Crippen LogP contribution in [0.5, 0.6) is 0 Å². The highest BCUT2D eigenvalue weighted by atomic mass is 16.8. The van der Waals surface area contributed by atoms with E-state index < -0.39 is 18.1 Å². The highest BCUT2D eigenvalue weighted by Gasteiger charge is 2.58. The summed E-state index contributed by atoms with van der Waals surface area (Å²) >= 11 is 0. The maximum absolute atomic E-state index is 12.0. The Morgan fingerprint density at radius 3 is 1.65 bits per heavy atom. The van der Waals surface area contributed by atoms with Crippen LogP contribution in [0, 0.1) is 53.3 Å². The van der Waals surface area contributed by atoms with Gasteiger partial charge in [0.05, 0.1) is 0 Å². The predicted molar refractivity (Wildman–Crippen MR) is 120 cm³/mol. The first-order valence-electron chi connectivity index (χ1n) is 12.2. The van der Waals surface area contributed by atoms with Crippen LogP contribution in [0.4, 0.5) is 9.59 Å². The maximum atomic E-state index is 12.0. The van der Waals surface area contributed by atoms with Gasteiger partial charge in [-0.1, -0.05) is 61.3 Å². The summed E-state index contributed by atoms with van der Waals surface area (Å²) in [4.78, 5) is 23.9. The minimum atomic E-state index is -1.68. The Morgan fingerprint density at radius 1 is 0.742 bits per heavy atom. The van der Waals surface area contributed by atoms with Gasteiger partial charge in [0.2, 0.25) is 0 Å². The zero-order chi connectivity index (χ0) is 23.5. The van der Waals surface area contributed by atoms with E-state index in [9.17, 15) is 19.8 Å². The molecule has 6 nitrogen and oxygen atoms in total. The standard InChI is InChI=1S/C25H44O6/c1-14(2)19-10-8-16(5)12-21(19)18(7)25(30-23(26)27,31-24(28)29)22-13-17(6)9-11-20(22)15(3)4/h14-22H,8-13H2,1-7H3,(H,26,27)(H,28,29). The van der Waals surface area contributed by atoms with E-state index in [2.05, 4.69) is 41.5 Å². The van der Waals surface area contributed by atoms with Crippen LogP contribution in [0.2, 0.25) is 0 Å². The first-order valence-corrected chi connectivity index (χ1v) is 12.2. The first-order chi connectivity index (χ1) is 14.4. The highest BCUT2D eigenvalue weighted by Crippen LogP contribution is 2.53. The summed E-state index contributed by atoms with van der Waals surface area (Å²) in [5.41, 5.74) is 0. The van der Waals surface area contributed by atoms with Gasteiger partial charge in [-0.2, -0.15) is 0 Å². The van der Waals surface area contributed by atoms with Crippen molar-refractivity contribution in [1.29, 1.82) is 0 Å². The van der Waals surface area contributed by atoms with Crippen molar-refractivity contribution in [3.05, 3.63) is 0 Å². The average Bonchev–Trinajstić information content (AvgIpc) is 2.65. The van der Waals surface area contributed by atoms with Crippen molar-refractivity contribution in [3.63, 3.8) is 0 Å². The summed E-state index contributed by atoms with van der Waals surface area (Å²) in [5, 5.41) is 19.5. The lowest BCUT2D eigenvalue weighted by atomic mass is 9.59. The summed E-state index contributed by atoms with van der Waals surface area (Å²) in [6.07, 6.45) is 2.93. The van der Waals surface area contributed by atoms with Crippen molar-refractivity contribution in [1.82, 2.24) is 0 Å². The number of carboxylic acid groups (broad SMARTS) is 2. The van der Waals surface area contributed by atoms with Crippen LogP contribution in [-0.2, 0) is 9.47 Å². The van der Waals surface area contributed by atoms with Gasteiger partial charge < -0.3 is 19.7 Å². The van der Waals surface area contributed by atoms with Crippen molar-refractivity contribution in [2.75, 3.05) is 0 Å². The van der Waals surface area contributed by atoms with Gasteiger partial charge in [0, 0.05) is 11.8 Å². The van der Waals surface area contributed by atoms with Crippen LogP contribution >= 0.6 is 0 Å². The summed E-state index contributed by atoms with van der Waals surface area (Å²) < 4.78 is 11.2. The molecule has 6 heteroatoms. The molecule has 2 rings (SSSR count). The molecule has 2 aliphatic carbocycles. The zero-order valence-corrected chi connectivity index (χ0v) is 20.5. The molecular weight excluding hydrogens is 396 g/mol. The monoisotopic (exact) mass is 440 g/mol. The van der Waals surface area contributed by atoms with E-state index in [1.54, 1.807) is 0 Å². The summed E-state index contributed by atoms with van der Waals surface area (Å²) in [6.45, 7) is 15.0. The normalized spacial score (nSPS) is 33.2. The van der Waals surface area contributed by atoms with Crippen LogP contribution in [0.15, 0.2) is 0 Å². The quantitative estimate of drug-likeness (QED) is 0.323. The predicted octanol–water partition coefficient (Wildman–Crippen LogP) is 7.12. The van der Waals surface area contributed by atoms with Gasteiger partial charge in [0.1, 0.15) is 0 Å². The van der Waals surface area contributed by atoms with Gasteiger partial charge in [-0.25, -0.2) is 9.59 Å². The van der Waals surface area contributed by atoms with Crippen molar-refractivity contribution >= 4 is 12.3 Å². The van der Waals surface area contributed by atoms with E-state index >= 15 is 0 Å². The lowest BCUT2D eigenvalue weighted by molar-refractivity contribution is -0.276. The Kier molecular flexibility index (Phi) is 8.69. The molecule has 2 N–H and O–H groups in total. The summed E-state index contributed by atoms with van der Waals surface area (Å²) in [6, 6.07) is 0. The molecule has 0 aromatic rings. The molecule has 0 aliphatic heterocycles. The number of rotatable bonds is 7. The molecule has 0 spiro atoms. The van der Waals surface area contributed by atoms with Crippen molar-refractivity contribution < 1.29 is 29.3 Å². The molecule has 0 amide bonds. The maximum Gasteiger partial charge on any atom is 0.509 e. The Bertz CT molecular complexity index is 599. The lowest BCUT2D eigenvalue weighted by Gasteiger charge is -2.52. The van der Waals surface area contributed by atoms with E-state index in [1.807, 2.05) is 6.92 Å². The topological polar surface area (TPSA) is 93.1 Å². The van der Waals surface area contributed by atoms with Crippen molar-refractivity contribution in [3.8, 4) is 0 Å². The van der Waals surface area contributed by atoms with E-state index in [1.165, 1.54) is 0 Å². The van der Waals surface area contributed by atoms with Crippen molar-refractivity contribution in [2.45, 2.75) is 92.8 Å². The van der Waals surface area contributed by atoms with Crippen LogP contribution in [0.25, 0.3) is 0 Å². The fourth-order valence-electron chi connectivity index (χ4n) is 6.78. The molecule has 2 fully saturated rings. The van der Waals surface area contributed by atoms with Crippen molar-refractivity contribution in [2.24, 2.45) is 53.3 Å². The highest BCUT2D eigenvalue weighted by molar-refractivity contribution is 5.60. The van der Waals surface area contributed by atoms with Crippen LogP contribution in [-0.4, -0.2) is 28.3 Å². The second kappa shape index (κ2) is 10.4. The molecule has 0 saturated heterocycles. The Hall–Kier alpha value is -1.46. The fourth-order valence-corrected chi connectivity index (χ4v) is 6.78. The van der Waals surface area contributed by atoms with Gasteiger partial charge in [-0.3, -0.25) is 0 Å². The van der Waals surface area contributed by atoms with Gasteiger partial charge in [-0.05, 0) is 67.1 Å². The van der Waals surface area contributed by atoms with Crippen LogP contribution in [0.3, 0.4) is 0 Å². The van der Waals surface area contributed by atoms with Gasteiger partial charge in [0.25, 0.3) is 5.79 Å². The Balaban J connectivity index is 2.60. The van der Waals surface area contributed by atoms with Gasteiger partial charge in [0.15, 0.2) is 0 Å².